The van der Waals surface area contributed by atoms with Gasteiger partial charge in [0.1, 0.15) is 6.10 Å². The van der Waals surface area contributed by atoms with Crippen LogP contribution >= 0.6 is 0 Å². The summed E-state index contributed by atoms with van der Waals surface area (Å²) in [7, 11) is 0. The van der Waals surface area contributed by atoms with Crippen molar-refractivity contribution in [1.29, 1.82) is 0 Å². The molecule has 0 bridgehead atoms. The lowest BCUT2D eigenvalue weighted by Gasteiger charge is -2.21. The van der Waals surface area contributed by atoms with Crippen molar-refractivity contribution in [2.45, 2.75) is 76.7 Å². The van der Waals surface area contributed by atoms with Crippen LogP contribution in [-0.2, 0) is 31.9 Å². The summed E-state index contributed by atoms with van der Waals surface area (Å²) in [6, 6.07) is 36.8. The second-order valence-electron chi connectivity index (χ2n) is 12.1. The highest BCUT2D eigenvalue weighted by molar-refractivity contribution is 5.74. The monoisotopic (exact) mass is 588 g/mol. The first-order chi connectivity index (χ1) is 21.6. The molecule has 0 heterocycles. The third-order valence-electron chi connectivity index (χ3n) is 8.62. The van der Waals surface area contributed by atoms with Crippen LogP contribution in [0.5, 0.6) is 0 Å². The van der Waals surface area contributed by atoms with Crippen molar-refractivity contribution in [2.75, 3.05) is 6.61 Å². The van der Waals surface area contributed by atoms with Crippen LogP contribution in [0.2, 0.25) is 0 Å². The zero-order valence-corrected chi connectivity index (χ0v) is 25.7. The molecule has 0 atom stereocenters. The molecule has 0 N–H and O–H groups in total. The van der Waals surface area contributed by atoms with E-state index in [4.69, 9.17) is 9.47 Å². The third kappa shape index (κ3) is 9.94. The second-order valence-corrected chi connectivity index (χ2v) is 12.1. The van der Waals surface area contributed by atoms with Crippen molar-refractivity contribution in [1.82, 2.24) is 0 Å². The van der Waals surface area contributed by atoms with Crippen LogP contribution in [0.15, 0.2) is 109 Å². The molecule has 228 valence electrons. The Morgan fingerprint density at radius 2 is 0.932 bits per heavy atom. The fourth-order valence-corrected chi connectivity index (χ4v) is 6.07. The number of rotatable bonds is 9. The van der Waals surface area contributed by atoms with E-state index in [0.717, 1.165) is 24.0 Å². The average Bonchev–Trinajstić information content (AvgIpc) is 3.59. The molecule has 2 aliphatic rings. The van der Waals surface area contributed by atoms with Gasteiger partial charge < -0.3 is 9.47 Å². The standard InChI is InChI=1S/C21H24O2.C19H20O2/c22-21(23-16-18-7-3-1-4-8-18)15-17-11-13-20(14-12-17)19-9-5-2-6-10-19;20-19(21-18-8-4-5-9-18)14-15-10-12-17(13-11-15)16-6-2-1-3-7-16/h2,5-6,9-14,18H,1,3-4,7-8,15-16H2;1-3,6-7,10-13,18H,4-5,8-9,14H2. The topological polar surface area (TPSA) is 52.6 Å². The van der Waals surface area contributed by atoms with Crippen molar-refractivity contribution in [3.63, 3.8) is 0 Å². The van der Waals surface area contributed by atoms with Crippen LogP contribution in [0, 0.1) is 5.92 Å². The molecule has 2 fully saturated rings. The lowest BCUT2D eigenvalue weighted by atomic mass is 9.90. The molecule has 4 aromatic rings. The number of ether oxygens (including phenoxy) is 2. The highest BCUT2D eigenvalue weighted by atomic mass is 16.5. The first-order valence-electron chi connectivity index (χ1n) is 16.3. The van der Waals surface area contributed by atoms with Crippen LogP contribution in [0.4, 0.5) is 0 Å². The lowest BCUT2D eigenvalue weighted by Crippen LogP contribution is -2.17. The minimum atomic E-state index is -0.108. The molecule has 44 heavy (non-hydrogen) atoms. The molecule has 0 spiro atoms. The van der Waals surface area contributed by atoms with Gasteiger partial charge in [-0.25, -0.2) is 0 Å². The minimum Gasteiger partial charge on any atom is -0.465 e. The van der Waals surface area contributed by atoms with Crippen LogP contribution < -0.4 is 0 Å². The fraction of sp³-hybridized carbons (Fsp3) is 0.350. The van der Waals surface area contributed by atoms with Crippen molar-refractivity contribution >= 4 is 11.9 Å². The van der Waals surface area contributed by atoms with Crippen molar-refractivity contribution in [3.8, 4) is 22.3 Å². The van der Waals surface area contributed by atoms with Crippen molar-refractivity contribution in [2.24, 2.45) is 5.92 Å². The quantitative estimate of drug-likeness (QED) is 0.183. The Bertz CT molecular complexity index is 1420. The molecule has 4 nitrogen and oxygen atoms in total. The summed E-state index contributed by atoms with van der Waals surface area (Å²) in [5.74, 6) is 0.366. The maximum absolute atomic E-state index is 12.0. The zero-order chi connectivity index (χ0) is 30.4. The van der Waals surface area contributed by atoms with Gasteiger partial charge in [-0.3, -0.25) is 9.59 Å². The van der Waals surface area contributed by atoms with Gasteiger partial charge in [-0.2, -0.15) is 0 Å². The van der Waals surface area contributed by atoms with E-state index in [0.29, 0.717) is 25.4 Å². The lowest BCUT2D eigenvalue weighted by molar-refractivity contribution is -0.148. The molecule has 6 rings (SSSR count). The summed E-state index contributed by atoms with van der Waals surface area (Å²) in [4.78, 5) is 23.9. The molecule has 0 saturated heterocycles. The van der Waals surface area contributed by atoms with Gasteiger partial charge in [0.25, 0.3) is 0 Å². The van der Waals surface area contributed by atoms with Crippen LogP contribution in [0.1, 0.15) is 68.9 Å². The highest BCUT2D eigenvalue weighted by Gasteiger charge is 2.19. The first-order valence-corrected chi connectivity index (χ1v) is 16.3. The number of esters is 2. The summed E-state index contributed by atoms with van der Waals surface area (Å²) in [6.45, 7) is 0.598. The van der Waals surface area contributed by atoms with E-state index in [1.807, 2.05) is 60.7 Å². The summed E-state index contributed by atoms with van der Waals surface area (Å²) >= 11 is 0. The van der Waals surface area contributed by atoms with Gasteiger partial charge in [0.15, 0.2) is 0 Å². The van der Waals surface area contributed by atoms with Crippen molar-refractivity contribution < 1.29 is 19.1 Å². The second kappa shape index (κ2) is 16.6. The number of hydrogen-bond acceptors (Lipinski definition) is 4. The molecule has 4 heteroatoms. The number of carbonyl (C=O) groups is 2. The third-order valence-corrected chi connectivity index (χ3v) is 8.62. The molecule has 2 saturated carbocycles. The van der Waals surface area contributed by atoms with Gasteiger partial charge in [0.2, 0.25) is 0 Å². The molecular weight excluding hydrogens is 544 g/mol. The number of carbonyl (C=O) groups excluding carboxylic acids is 2. The van der Waals surface area contributed by atoms with E-state index in [1.54, 1.807) is 0 Å². The largest absolute Gasteiger partial charge is 0.465 e. The summed E-state index contributed by atoms with van der Waals surface area (Å²) in [5, 5.41) is 0. The molecule has 0 radical (unpaired) electrons. The zero-order valence-electron chi connectivity index (χ0n) is 25.7. The maximum Gasteiger partial charge on any atom is 0.310 e. The summed E-state index contributed by atoms with van der Waals surface area (Å²) in [5.41, 5.74) is 6.75. The Morgan fingerprint density at radius 3 is 1.43 bits per heavy atom. The van der Waals surface area contributed by atoms with E-state index >= 15 is 0 Å². The van der Waals surface area contributed by atoms with E-state index in [1.165, 1.54) is 67.2 Å². The Hall–Kier alpha value is -4.18. The molecule has 0 unspecified atom stereocenters. The number of benzene rings is 4. The van der Waals surface area contributed by atoms with E-state index in [9.17, 15) is 9.59 Å². The fourth-order valence-electron chi connectivity index (χ4n) is 6.07. The molecule has 0 amide bonds. The normalized spacial score (nSPS) is 15.2. The van der Waals surface area contributed by atoms with Gasteiger partial charge in [-0.1, -0.05) is 128 Å². The Labute approximate surface area is 262 Å². The van der Waals surface area contributed by atoms with Crippen molar-refractivity contribution in [3.05, 3.63) is 120 Å². The van der Waals surface area contributed by atoms with Gasteiger partial charge in [-0.15, -0.1) is 0 Å². The molecule has 0 aromatic heterocycles. The Morgan fingerprint density at radius 1 is 0.500 bits per heavy atom. The predicted octanol–water partition coefficient (Wildman–Crippen LogP) is 9.40. The van der Waals surface area contributed by atoms with Crippen LogP contribution in [0.25, 0.3) is 22.3 Å². The number of hydrogen-bond donors (Lipinski definition) is 0. The van der Waals surface area contributed by atoms with Crippen LogP contribution in [0.3, 0.4) is 0 Å². The predicted molar refractivity (Wildman–Crippen MR) is 177 cm³/mol. The van der Waals surface area contributed by atoms with E-state index in [2.05, 4.69) is 48.5 Å². The molecule has 0 aliphatic heterocycles. The van der Waals surface area contributed by atoms with Gasteiger partial charge >= 0.3 is 11.9 Å². The molecule has 4 aromatic carbocycles. The van der Waals surface area contributed by atoms with E-state index in [-0.39, 0.29) is 18.0 Å². The maximum atomic E-state index is 12.0. The van der Waals surface area contributed by atoms with Gasteiger partial charge in [0.05, 0.1) is 19.4 Å². The SMILES string of the molecule is O=C(Cc1ccc(-c2ccccc2)cc1)OC1CCCC1.O=C(Cc1ccc(-c2ccccc2)cc1)OCC1CCCCC1. The molecular formula is C40H44O4. The smallest absolute Gasteiger partial charge is 0.310 e. The van der Waals surface area contributed by atoms with Gasteiger partial charge in [-0.05, 0) is 77.8 Å². The summed E-state index contributed by atoms with van der Waals surface area (Å²) < 4.78 is 11.0. The van der Waals surface area contributed by atoms with Crippen LogP contribution in [-0.4, -0.2) is 24.6 Å². The average molecular weight is 589 g/mol. The van der Waals surface area contributed by atoms with E-state index < -0.39 is 0 Å². The molecule has 2 aliphatic carbocycles. The Balaban J connectivity index is 0.000000175. The first kappa shape index (κ1) is 31.3. The minimum absolute atomic E-state index is 0.102. The highest BCUT2D eigenvalue weighted by Crippen LogP contribution is 2.25. The Kier molecular flexibility index (Phi) is 11.8. The summed E-state index contributed by atoms with van der Waals surface area (Å²) in [6.07, 6.45) is 11.6. The van der Waals surface area contributed by atoms with Gasteiger partial charge in [0, 0.05) is 0 Å².